The highest BCUT2D eigenvalue weighted by Gasteiger charge is 2.05. The van der Waals surface area contributed by atoms with E-state index in [2.05, 4.69) is 5.32 Å². The van der Waals surface area contributed by atoms with Crippen molar-refractivity contribution in [3.63, 3.8) is 0 Å². The number of hydrogen-bond donors (Lipinski definition) is 2. The number of hydrogen-bond acceptors (Lipinski definition) is 3. The number of carboxylic acid groups (broad SMARTS) is 1. The summed E-state index contributed by atoms with van der Waals surface area (Å²) in [5, 5.41) is 12.2. The van der Waals surface area contributed by atoms with Gasteiger partial charge in [-0.2, -0.15) is 0 Å². The van der Waals surface area contributed by atoms with Crippen molar-refractivity contribution in [1.29, 1.82) is 0 Å². The Morgan fingerprint density at radius 3 is 2.45 bits per heavy atom. The largest absolute Gasteiger partial charge is 0.494 e. The monoisotopic (exact) mass is 271 g/mol. The van der Waals surface area contributed by atoms with Crippen LogP contribution in [0.2, 0.25) is 0 Å². The van der Waals surface area contributed by atoms with E-state index in [-0.39, 0.29) is 0 Å². The lowest BCUT2D eigenvalue weighted by atomic mass is 10.1. The first-order chi connectivity index (χ1) is 9.60. The maximum Gasteiger partial charge on any atom is 0.335 e. The van der Waals surface area contributed by atoms with Crippen molar-refractivity contribution in [2.24, 2.45) is 0 Å². The Morgan fingerprint density at radius 1 is 1.20 bits per heavy atom. The number of carboxylic acids is 1. The summed E-state index contributed by atoms with van der Waals surface area (Å²) in [7, 11) is 0. The van der Waals surface area contributed by atoms with Gasteiger partial charge in [-0.15, -0.1) is 0 Å². The van der Waals surface area contributed by atoms with Crippen LogP contribution in [0.1, 0.15) is 22.8 Å². The molecule has 4 heteroatoms. The number of rotatable bonds is 5. The third-order valence-corrected chi connectivity index (χ3v) is 2.92. The van der Waals surface area contributed by atoms with E-state index in [4.69, 9.17) is 9.84 Å². The summed E-state index contributed by atoms with van der Waals surface area (Å²) in [5.74, 6) is -0.0864. The fourth-order valence-corrected chi connectivity index (χ4v) is 1.89. The molecule has 0 radical (unpaired) electrons. The molecule has 2 rings (SSSR count). The van der Waals surface area contributed by atoms with Crippen LogP contribution in [0.3, 0.4) is 0 Å². The van der Waals surface area contributed by atoms with Crippen molar-refractivity contribution in [2.75, 3.05) is 11.9 Å². The summed E-state index contributed by atoms with van der Waals surface area (Å²) < 4.78 is 5.38. The second-order valence-corrected chi connectivity index (χ2v) is 4.42. The van der Waals surface area contributed by atoms with Crippen LogP contribution >= 0.6 is 0 Å². The predicted octanol–water partition coefficient (Wildman–Crippen LogP) is 3.84. The molecule has 4 nitrogen and oxygen atoms in total. The second-order valence-electron chi connectivity index (χ2n) is 4.42. The highest BCUT2D eigenvalue weighted by atomic mass is 16.5. The molecule has 0 bridgehead atoms. The van der Waals surface area contributed by atoms with Crippen LogP contribution in [-0.2, 0) is 0 Å². The summed E-state index contributed by atoms with van der Waals surface area (Å²) >= 11 is 0. The van der Waals surface area contributed by atoms with E-state index in [1.165, 1.54) is 0 Å². The number of aryl methyl sites for hydroxylation is 1. The molecule has 104 valence electrons. The summed E-state index contributed by atoms with van der Waals surface area (Å²) in [6, 6.07) is 12.7. The zero-order valence-electron chi connectivity index (χ0n) is 11.5. The van der Waals surface area contributed by atoms with Crippen molar-refractivity contribution < 1.29 is 14.6 Å². The normalized spacial score (nSPS) is 10.1. The Kier molecular flexibility index (Phi) is 4.25. The Labute approximate surface area is 118 Å². The van der Waals surface area contributed by atoms with Crippen LogP contribution < -0.4 is 10.1 Å². The average molecular weight is 271 g/mol. The first kappa shape index (κ1) is 13.9. The van der Waals surface area contributed by atoms with Crippen LogP contribution in [0.15, 0.2) is 42.5 Å². The molecule has 0 spiro atoms. The summed E-state index contributed by atoms with van der Waals surface area (Å²) in [6.07, 6.45) is 0. The molecule has 20 heavy (non-hydrogen) atoms. The predicted molar refractivity (Wildman–Crippen MR) is 79.0 cm³/mol. The standard InChI is InChI=1S/C16H17NO3/c1-3-20-14-7-5-13(6-8-14)17-15-9-4-12(16(18)19)10-11(15)2/h4-10,17H,3H2,1-2H3,(H,18,19). The van der Waals surface area contributed by atoms with Gasteiger partial charge in [0.2, 0.25) is 0 Å². The molecule has 0 amide bonds. The molecule has 0 fully saturated rings. The number of nitrogens with one attached hydrogen (secondary N) is 1. The van der Waals surface area contributed by atoms with Gasteiger partial charge in [0.05, 0.1) is 12.2 Å². The molecule has 0 unspecified atom stereocenters. The number of ether oxygens (including phenoxy) is 1. The zero-order valence-corrected chi connectivity index (χ0v) is 11.5. The minimum Gasteiger partial charge on any atom is -0.494 e. The van der Waals surface area contributed by atoms with Gasteiger partial charge in [-0.05, 0) is 61.9 Å². The zero-order chi connectivity index (χ0) is 14.5. The SMILES string of the molecule is CCOc1ccc(Nc2ccc(C(=O)O)cc2C)cc1. The van der Waals surface area contributed by atoms with Crippen LogP contribution in [0.5, 0.6) is 5.75 Å². The summed E-state index contributed by atoms with van der Waals surface area (Å²) in [6.45, 7) is 4.46. The van der Waals surface area contributed by atoms with Gasteiger partial charge in [0.1, 0.15) is 5.75 Å². The first-order valence-electron chi connectivity index (χ1n) is 6.44. The maximum atomic E-state index is 10.9. The smallest absolute Gasteiger partial charge is 0.335 e. The molecule has 0 heterocycles. The highest BCUT2D eigenvalue weighted by molar-refractivity contribution is 5.88. The van der Waals surface area contributed by atoms with E-state index in [0.29, 0.717) is 12.2 Å². The van der Waals surface area contributed by atoms with E-state index in [1.54, 1.807) is 18.2 Å². The Bertz CT molecular complexity index is 606. The third kappa shape index (κ3) is 3.29. The average Bonchev–Trinajstić information content (AvgIpc) is 2.43. The molecule has 0 aliphatic heterocycles. The van der Waals surface area contributed by atoms with E-state index in [0.717, 1.165) is 22.7 Å². The number of benzene rings is 2. The quantitative estimate of drug-likeness (QED) is 0.867. The van der Waals surface area contributed by atoms with E-state index in [1.807, 2.05) is 38.1 Å². The molecule has 2 aromatic carbocycles. The van der Waals surface area contributed by atoms with Crippen molar-refractivity contribution in [3.05, 3.63) is 53.6 Å². The van der Waals surface area contributed by atoms with E-state index >= 15 is 0 Å². The molecule has 0 saturated carbocycles. The Morgan fingerprint density at radius 2 is 1.90 bits per heavy atom. The van der Waals surface area contributed by atoms with Gasteiger partial charge in [-0.1, -0.05) is 0 Å². The van der Waals surface area contributed by atoms with Gasteiger partial charge in [0.25, 0.3) is 0 Å². The minimum absolute atomic E-state index is 0.291. The van der Waals surface area contributed by atoms with Crippen molar-refractivity contribution in [3.8, 4) is 5.75 Å². The lowest BCUT2D eigenvalue weighted by Crippen LogP contribution is -1.99. The molecule has 0 saturated heterocycles. The fraction of sp³-hybridized carbons (Fsp3) is 0.188. The number of aromatic carboxylic acids is 1. The van der Waals surface area contributed by atoms with Gasteiger partial charge < -0.3 is 15.2 Å². The molecular weight excluding hydrogens is 254 g/mol. The number of carbonyl (C=O) groups is 1. The highest BCUT2D eigenvalue weighted by Crippen LogP contribution is 2.23. The maximum absolute atomic E-state index is 10.9. The van der Waals surface area contributed by atoms with Crippen LogP contribution in [0, 0.1) is 6.92 Å². The topological polar surface area (TPSA) is 58.6 Å². The summed E-state index contributed by atoms with van der Waals surface area (Å²) in [5.41, 5.74) is 3.00. The van der Waals surface area contributed by atoms with Crippen LogP contribution in [0.25, 0.3) is 0 Å². The van der Waals surface area contributed by atoms with Crippen LogP contribution in [-0.4, -0.2) is 17.7 Å². The molecule has 0 aromatic heterocycles. The minimum atomic E-state index is -0.916. The van der Waals surface area contributed by atoms with Gasteiger partial charge in [0.15, 0.2) is 0 Å². The van der Waals surface area contributed by atoms with Crippen molar-refractivity contribution in [2.45, 2.75) is 13.8 Å². The summed E-state index contributed by atoms with van der Waals surface area (Å²) in [4.78, 5) is 10.9. The molecule has 0 aliphatic carbocycles. The lowest BCUT2D eigenvalue weighted by molar-refractivity contribution is 0.0697. The molecular formula is C16H17NO3. The number of anilines is 2. The van der Waals surface area contributed by atoms with Crippen LogP contribution in [0.4, 0.5) is 11.4 Å². The van der Waals surface area contributed by atoms with E-state index < -0.39 is 5.97 Å². The molecule has 0 aliphatic rings. The van der Waals surface area contributed by atoms with Crippen molar-refractivity contribution in [1.82, 2.24) is 0 Å². The van der Waals surface area contributed by atoms with Gasteiger partial charge >= 0.3 is 5.97 Å². The van der Waals surface area contributed by atoms with E-state index in [9.17, 15) is 4.79 Å². The lowest BCUT2D eigenvalue weighted by Gasteiger charge is -2.11. The Hall–Kier alpha value is -2.49. The molecule has 2 aromatic rings. The van der Waals surface area contributed by atoms with Gasteiger partial charge in [0, 0.05) is 11.4 Å². The second kappa shape index (κ2) is 6.10. The molecule has 2 N–H and O–H groups in total. The van der Waals surface area contributed by atoms with Crippen molar-refractivity contribution >= 4 is 17.3 Å². The first-order valence-corrected chi connectivity index (χ1v) is 6.44. The fourth-order valence-electron chi connectivity index (χ4n) is 1.89. The Balaban J connectivity index is 2.15. The third-order valence-electron chi connectivity index (χ3n) is 2.92. The van der Waals surface area contributed by atoms with Gasteiger partial charge in [-0.25, -0.2) is 4.79 Å². The molecule has 0 atom stereocenters. The van der Waals surface area contributed by atoms with Gasteiger partial charge in [-0.3, -0.25) is 0 Å².